The monoisotopic (exact) mass is 615 g/mol. The molecule has 1 aliphatic heterocycles. The molecule has 3 heterocycles. The number of ether oxygens (including phenoxy) is 1. The van der Waals surface area contributed by atoms with Crippen molar-refractivity contribution in [3.8, 4) is 34.1 Å². The predicted octanol–water partition coefficient (Wildman–Crippen LogP) is 12.0. The highest BCUT2D eigenvalue weighted by Gasteiger charge is 2.26. The summed E-state index contributed by atoms with van der Waals surface area (Å²) >= 11 is 0. The fourth-order valence-electron chi connectivity index (χ4n) is 7.43. The van der Waals surface area contributed by atoms with Gasteiger partial charge in [-0.1, -0.05) is 109 Å². The minimum absolute atomic E-state index is 0.842. The summed E-state index contributed by atoms with van der Waals surface area (Å²) in [6, 6.07) is 62.4. The Bertz CT molecular complexity index is 2610. The van der Waals surface area contributed by atoms with Crippen molar-refractivity contribution in [2.75, 3.05) is 4.90 Å². The minimum atomic E-state index is 0.842. The van der Waals surface area contributed by atoms with Crippen molar-refractivity contribution in [2.24, 2.45) is 0 Å². The summed E-state index contributed by atoms with van der Waals surface area (Å²) < 4.78 is 11.2. The molecule has 0 aliphatic carbocycles. The molecular weight excluding hydrogens is 587 g/mol. The van der Waals surface area contributed by atoms with Crippen molar-refractivity contribution in [1.82, 2.24) is 9.13 Å². The third kappa shape index (κ3) is 3.96. The molecule has 0 amide bonds. The number of hydrogen-bond donors (Lipinski definition) is 0. The van der Waals surface area contributed by atoms with Gasteiger partial charge < -0.3 is 18.8 Å². The molecule has 0 fully saturated rings. The molecule has 7 aromatic carbocycles. The average molecular weight is 616 g/mol. The number of hydrogen-bond acceptors (Lipinski definition) is 2. The van der Waals surface area contributed by atoms with Crippen LogP contribution in [-0.4, -0.2) is 9.13 Å². The van der Waals surface area contributed by atoms with Crippen LogP contribution in [0.1, 0.15) is 0 Å². The summed E-state index contributed by atoms with van der Waals surface area (Å²) in [5.74, 6) is 1.68. The zero-order valence-electron chi connectivity index (χ0n) is 26.0. The van der Waals surface area contributed by atoms with Gasteiger partial charge in [0.2, 0.25) is 0 Å². The standard InChI is InChI=1S/C44H29N3O/c1-3-14-30(15-4-1)40-28-31-26-27-36-35-20-7-8-21-37(35)47(44(36)43(31)46(40)32-16-5-2-6-17-32)34-19-13-18-33(29-34)45-38-22-9-11-24-41(38)48-42-25-12-10-23-39(42)45/h1-29H. The quantitative estimate of drug-likeness (QED) is 0.197. The first-order valence-corrected chi connectivity index (χ1v) is 16.3. The normalized spacial score (nSPS) is 12.3. The lowest BCUT2D eigenvalue weighted by atomic mass is 10.1. The van der Waals surface area contributed by atoms with E-state index in [0.717, 1.165) is 45.6 Å². The van der Waals surface area contributed by atoms with Gasteiger partial charge in [0.15, 0.2) is 11.5 Å². The van der Waals surface area contributed by atoms with Gasteiger partial charge in [0.05, 0.1) is 33.6 Å². The maximum absolute atomic E-state index is 6.34. The van der Waals surface area contributed by atoms with Gasteiger partial charge in [-0.3, -0.25) is 0 Å². The molecule has 0 saturated heterocycles. The fourth-order valence-corrected chi connectivity index (χ4v) is 7.43. The van der Waals surface area contributed by atoms with Crippen molar-refractivity contribution in [1.29, 1.82) is 0 Å². The van der Waals surface area contributed by atoms with Crippen LogP contribution in [0.15, 0.2) is 176 Å². The lowest BCUT2D eigenvalue weighted by Gasteiger charge is -2.33. The van der Waals surface area contributed by atoms with Crippen molar-refractivity contribution in [3.05, 3.63) is 176 Å². The lowest BCUT2D eigenvalue weighted by Crippen LogP contribution is -2.15. The zero-order valence-corrected chi connectivity index (χ0v) is 26.0. The molecule has 0 radical (unpaired) electrons. The smallest absolute Gasteiger partial charge is 0.151 e. The van der Waals surface area contributed by atoms with Crippen LogP contribution < -0.4 is 9.64 Å². The Hall–Kier alpha value is -6.52. The molecule has 0 unspecified atom stereocenters. The Balaban J connectivity index is 1.29. The van der Waals surface area contributed by atoms with Crippen LogP contribution >= 0.6 is 0 Å². The van der Waals surface area contributed by atoms with E-state index < -0.39 is 0 Å². The summed E-state index contributed by atoms with van der Waals surface area (Å²) in [6.07, 6.45) is 0. The Kier molecular flexibility index (Phi) is 5.84. The van der Waals surface area contributed by atoms with E-state index in [1.165, 1.54) is 38.3 Å². The van der Waals surface area contributed by atoms with E-state index in [-0.39, 0.29) is 0 Å². The van der Waals surface area contributed by atoms with Crippen molar-refractivity contribution >= 4 is 49.8 Å². The van der Waals surface area contributed by atoms with E-state index in [2.05, 4.69) is 166 Å². The average Bonchev–Trinajstić information content (AvgIpc) is 3.71. The first-order valence-electron chi connectivity index (χ1n) is 16.3. The van der Waals surface area contributed by atoms with Crippen LogP contribution in [-0.2, 0) is 0 Å². The zero-order chi connectivity index (χ0) is 31.6. The van der Waals surface area contributed by atoms with Crippen LogP contribution in [0.2, 0.25) is 0 Å². The topological polar surface area (TPSA) is 22.3 Å². The number of aromatic nitrogens is 2. The van der Waals surface area contributed by atoms with Gasteiger partial charge in [0.1, 0.15) is 0 Å². The Morgan fingerprint density at radius 2 is 1.02 bits per heavy atom. The van der Waals surface area contributed by atoms with Crippen molar-refractivity contribution < 1.29 is 4.74 Å². The summed E-state index contributed by atoms with van der Waals surface area (Å²) in [7, 11) is 0. The highest BCUT2D eigenvalue weighted by molar-refractivity contribution is 6.19. The molecule has 0 spiro atoms. The number of fused-ring (bicyclic) bond motifs is 7. The third-order valence-electron chi connectivity index (χ3n) is 9.46. The van der Waals surface area contributed by atoms with Gasteiger partial charge >= 0.3 is 0 Å². The molecule has 2 aromatic heterocycles. The van der Waals surface area contributed by atoms with E-state index in [1.807, 2.05) is 24.3 Å². The summed E-state index contributed by atoms with van der Waals surface area (Å²) in [4.78, 5) is 2.31. The molecule has 1 aliphatic rings. The summed E-state index contributed by atoms with van der Waals surface area (Å²) in [5, 5.41) is 3.64. The Morgan fingerprint density at radius 1 is 0.396 bits per heavy atom. The second-order valence-corrected chi connectivity index (χ2v) is 12.2. The molecule has 226 valence electrons. The van der Waals surface area contributed by atoms with Crippen molar-refractivity contribution in [3.63, 3.8) is 0 Å². The van der Waals surface area contributed by atoms with E-state index in [1.54, 1.807) is 0 Å². The van der Waals surface area contributed by atoms with E-state index in [9.17, 15) is 0 Å². The molecule has 0 bridgehead atoms. The Labute approximate surface area is 277 Å². The summed E-state index contributed by atoms with van der Waals surface area (Å²) in [6.45, 7) is 0. The maximum Gasteiger partial charge on any atom is 0.151 e. The molecule has 0 saturated carbocycles. The second-order valence-electron chi connectivity index (χ2n) is 12.2. The van der Waals surface area contributed by atoms with Crippen LogP contribution in [0.3, 0.4) is 0 Å². The fraction of sp³-hybridized carbons (Fsp3) is 0. The number of para-hydroxylation sites is 6. The second kappa shape index (κ2) is 10.5. The van der Waals surface area contributed by atoms with Gasteiger partial charge in [-0.2, -0.15) is 0 Å². The molecule has 9 aromatic rings. The number of benzene rings is 7. The number of rotatable bonds is 4. The maximum atomic E-state index is 6.34. The molecular formula is C44H29N3O. The Morgan fingerprint density at radius 3 is 1.79 bits per heavy atom. The first-order chi connectivity index (χ1) is 23.8. The minimum Gasteiger partial charge on any atom is -0.453 e. The number of anilines is 3. The van der Waals surface area contributed by atoms with Gasteiger partial charge in [-0.05, 0) is 72.3 Å². The highest BCUT2D eigenvalue weighted by Crippen LogP contribution is 2.50. The van der Waals surface area contributed by atoms with Gasteiger partial charge in [0, 0.05) is 33.2 Å². The van der Waals surface area contributed by atoms with E-state index in [4.69, 9.17) is 4.74 Å². The van der Waals surface area contributed by atoms with Crippen LogP contribution in [0.25, 0.3) is 55.3 Å². The van der Waals surface area contributed by atoms with E-state index in [0.29, 0.717) is 0 Å². The molecule has 48 heavy (non-hydrogen) atoms. The third-order valence-corrected chi connectivity index (χ3v) is 9.46. The van der Waals surface area contributed by atoms with Gasteiger partial charge in [-0.15, -0.1) is 0 Å². The lowest BCUT2D eigenvalue weighted by molar-refractivity contribution is 0.477. The van der Waals surface area contributed by atoms with Crippen LogP contribution in [0.5, 0.6) is 11.5 Å². The highest BCUT2D eigenvalue weighted by atomic mass is 16.5. The molecule has 0 atom stereocenters. The van der Waals surface area contributed by atoms with Crippen LogP contribution in [0, 0.1) is 0 Å². The van der Waals surface area contributed by atoms with Crippen molar-refractivity contribution in [2.45, 2.75) is 0 Å². The van der Waals surface area contributed by atoms with E-state index >= 15 is 0 Å². The molecule has 10 rings (SSSR count). The molecule has 4 nitrogen and oxygen atoms in total. The predicted molar refractivity (Wildman–Crippen MR) is 198 cm³/mol. The largest absolute Gasteiger partial charge is 0.453 e. The van der Waals surface area contributed by atoms with Gasteiger partial charge in [0.25, 0.3) is 0 Å². The van der Waals surface area contributed by atoms with Crippen LogP contribution in [0.4, 0.5) is 17.1 Å². The number of nitrogens with zero attached hydrogens (tertiary/aromatic N) is 3. The SMILES string of the molecule is c1ccc(-c2cc3ccc4c5ccccc5n(-c5cccc(N6c7ccccc7Oc7ccccc76)c5)c4c3n2-c2ccccc2)cc1. The summed E-state index contributed by atoms with van der Waals surface area (Å²) in [5.41, 5.74) is 11.2. The van der Waals surface area contributed by atoms with Gasteiger partial charge in [-0.25, -0.2) is 0 Å². The molecule has 0 N–H and O–H groups in total. The first kappa shape index (κ1) is 26.7. The molecule has 4 heteroatoms.